The molecule has 1 N–H and O–H groups in total. The number of fused-ring (bicyclic) bond motifs is 1. The SMILES string of the molecule is O=S1(=O)CCC(c2nc3c(c(C4CCC4)n2)CNCC3)C1. The quantitative estimate of drug-likeness (QED) is 0.891. The van der Waals surface area contributed by atoms with Crippen LogP contribution in [0.3, 0.4) is 0 Å². The van der Waals surface area contributed by atoms with E-state index in [4.69, 9.17) is 9.97 Å². The van der Waals surface area contributed by atoms with Gasteiger partial charge in [-0.1, -0.05) is 6.42 Å². The highest BCUT2D eigenvalue weighted by atomic mass is 32.2. The molecule has 1 aromatic rings. The van der Waals surface area contributed by atoms with Crippen LogP contribution in [0.2, 0.25) is 0 Å². The third-order valence-corrected chi connectivity index (χ3v) is 6.84. The summed E-state index contributed by atoms with van der Waals surface area (Å²) in [6, 6.07) is 0. The standard InChI is InChI=1S/C15H21N3O2S/c19-21(20)7-5-11(9-21)15-17-13-4-6-16-8-12(13)14(18-15)10-2-1-3-10/h10-11,16H,1-9H2. The van der Waals surface area contributed by atoms with Crippen LogP contribution in [0.1, 0.15) is 60.3 Å². The predicted molar refractivity (Wildman–Crippen MR) is 80.0 cm³/mol. The Hall–Kier alpha value is -1.01. The molecular weight excluding hydrogens is 286 g/mol. The highest BCUT2D eigenvalue weighted by molar-refractivity contribution is 7.91. The summed E-state index contributed by atoms with van der Waals surface area (Å²) in [5, 5.41) is 3.41. The molecule has 5 nitrogen and oxygen atoms in total. The summed E-state index contributed by atoms with van der Waals surface area (Å²) in [5.41, 5.74) is 3.65. The normalized spacial score (nSPS) is 28.1. The third kappa shape index (κ3) is 2.48. The first kappa shape index (κ1) is 13.6. The molecule has 2 aliphatic heterocycles. The summed E-state index contributed by atoms with van der Waals surface area (Å²) < 4.78 is 23.4. The van der Waals surface area contributed by atoms with Gasteiger partial charge in [-0.3, -0.25) is 0 Å². The Kier molecular flexibility index (Phi) is 3.26. The van der Waals surface area contributed by atoms with E-state index >= 15 is 0 Å². The van der Waals surface area contributed by atoms with E-state index in [2.05, 4.69) is 5.32 Å². The summed E-state index contributed by atoms with van der Waals surface area (Å²) in [6.45, 7) is 1.82. The van der Waals surface area contributed by atoms with Gasteiger partial charge in [-0.25, -0.2) is 18.4 Å². The molecule has 1 unspecified atom stereocenters. The minimum atomic E-state index is -2.88. The van der Waals surface area contributed by atoms with Gasteiger partial charge in [-0.05, 0) is 19.3 Å². The molecule has 0 bridgehead atoms. The van der Waals surface area contributed by atoms with Crippen LogP contribution in [0, 0.1) is 0 Å². The van der Waals surface area contributed by atoms with Gasteiger partial charge in [0.05, 0.1) is 22.9 Å². The Bertz CT molecular complexity index is 668. The van der Waals surface area contributed by atoms with Crippen molar-refractivity contribution in [1.82, 2.24) is 15.3 Å². The zero-order chi connectivity index (χ0) is 14.4. The van der Waals surface area contributed by atoms with E-state index in [-0.39, 0.29) is 11.7 Å². The van der Waals surface area contributed by atoms with Crippen LogP contribution >= 0.6 is 0 Å². The topological polar surface area (TPSA) is 72.0 Å². The molecule has 1 atom stereocenters. The van der Waals surface area contributed by atoms with Crippen LogP contribution in [0.5, 0.6) is 0 Å². The zero-order valence-corrected chi connectivity index (χ0v) is 13.0. The van der Waals surface area contributed by atoms with Gasteiger partial charge >= 0.3 is 0 Å². The van der Waals surface area contributed by atoms with Crippen LogP contribution in [-0.2, 0) is 22.8 Å². The number of sulfone groups is 1. The van der Waals surface area contributed by atoms with Gasteiger partial charge in [0.25, 0.3) is 0 Å². The second kappa shape index (κ2) is 5.02. The van der Waals surface area contributed by atoms with Crippen molar-refractivity contribution in [1.29, 1.82) is 0 Å². The summed E-state index contributed by atoms with van der Waals surface area (Å²) in [4.78, 5) is 9.59. The Labute approximate surface area is 125 Å². The molecule has 0 radical (unpaired) electrons. The zero-order valence-electron chi connectivity index (χ0n) is 12.1. The Morgan fingerprint density at radius 2 is 1.95 bits per heavy atom. The monoisotopic (exact) mass is 307 g/mol. The van der Waals surface area contributed by atoms with Crippen LogP contribution in [0.4, 0.5) is 0 Å². The molecule has 1 aliphatic carbocycles. The first-order chi connectivity index (χ1) is 10.1. The molecule has 1 saturated heterocycles. The molecule has 4 rings (SSSR count). The maximum atomic E-state index is 11.7. The molecular formula is C15H21N3O2S. The van der Waals surface area contributed by atoms with Crippen molar-refractivity contribution >= 4 is 9.84 Å². The minimum Gasteiger partial charge on any atom is -0.312 e. The summed E-state index contributed by atoms with van der Waals surface area (Å²) in [7, 11) is -2.88. The lowest BCUT2D eigenvalue weighted by Crippen LogP contribution is -2.29. The number of nitrogens with zero attached hydrogens (tertiary/aromatic N) is 2. The minimum absolute atomic E-state index is 0.00834. The fourth-order valence-corrected chi connectivity index (χ4v) is 5.33. The second-order valence-electron chi connectivity index (χ2n) is 6.55. The lowest BCUT2D eigenvalue weighted by Gasteiger charge is -2.30. The lowest BCUT2D eigenvalue weighted by molar-refractivity contribution is 0.401. The number of hydrogen-bond donors (Lipinski definition) is 1. The highest BCUT2D eigenvalue weighted by Gasteiger charge is 2.34. The van der Waals surface area contributed by atoms with E-state index in [0.29, 0.717) is 18.1 Å². The maximum Gasteiger partial charge on any atom is 0.151 e. The van der Waals surface area contributed by atoms with Gasteiger partial charge < -0.3 is 5.32 Å². The Balaban J connectivity index is 1.74. The van der Waals surface area contributed by atoms with Crippen molar-refractivity contribution in [2.24, 2.45) is 0 Å². The summed E-state index contributed by atoms with van der Waals surface area (Å²) in [5.74, 6) is 1.89. The summed E-state index contributed by atoms with van der Waals surface area (Å²) in [6.07, 6.45) is 5.33. The molecule has 3 aliphatic rings. The molecule has 6 heteroatoms. The number of aromatic nitrogens is 2. The molecule has 21 heavy (non-hydrogen) atoms. The molecule has 3 heterocycles. The first-order valence-corrected chi connectivity index (χ1v) is 9.75. The third-order valence-electron chi connectivity index (χ3n) is 5.07. The molecule has 0 spiro atoms. The van der Waals surface area contributed by atoms with Crippen molar-refractivity contribution in [3.05, 3.63) is 22.8 Å². The van der Waals surface area contributed by atoms with Crippen molar-refractivity contribution < 1.29 is 8.42 Å². The Morgan fingerprint density at radius 1 is 1.10 bits per heavy atom. The van der Waals surface area contributed by atoms with Gasteiger partial charge in [-0.2, -0.15) is 0 Å². The lowest BCUT2D eigenvalue weighted by atomic mass is 9.80. The van der Waals surface area contributed by atoms with Gasteiger partial charge in [0, 0.05) is 36.9 Å². The molecule has 2 fully saturated rings. The van der Waals surface area contributed by atoms with Gasteiger partial charge in [0.1, 0.15) is 5.82 Å². The van der Waals surface area contributed by atoms with Crippen LogP contribution < -0.4 is 5.32 Å². The fourth-order valence-electron chi connectivity index (χ4n) is 3.59. The van der Waals surface area contributed by atoms with Crippen molar-refractivity contribution in [3.8, 4) is 0 Å². The van der Waals surface area contributed by atoms with E-state index in [1.165, 1.54) is 30.5 Å². The average molecular weight is 307 g/mol. The summed E-state index contributed by atoms with van der Waals surface area (Å²) >= 11 is 0. The van der Waals surface area contributed by atoms with Crippen molar-refractivity contribution in [2.75, 3.05) is 18.1 Å². The van der Waals surface area contributed by atoms with E-state index in [0.717, 1.165) is 31.0 Å². The van der Waals surface area contributed by atoms with Gasteiger partial charge in [0.2, 0.25) is 0 Å². The van der Waals surface area contributed by atoms with Crippen LogP contribution in [0.25, 0.3) is 0 Å². The smallest absolute Gasteiger partial charge is 0.151 e. The van der Waals surface area contributed by atoms with Crippen molar-refractivity contribution in [3.63, 3.8) is 0 Å². The number of rotatable bonds is 2. The number of hydrogen-bond acceptors (Lipinski definition) is 5. The van der Waals surface area contributed by atoms with Crippen LogP contribution in [-0.4, -0.2) is 36.4 Å². The Morgan fingerprint density at radius 3 is 2.62 bits per heavy atom. The molecule has 1 saturated carbocycles. The van der Waals surface area contributed by atoms with Crippen molar-refractivity contribution in [2.45, 2.75) is 50.5 Å². The molecule has 1 aromatic heterocycles. The molecule has 114 valence electrons. The van der Waals surface area contributed by atoms with E-state index < -0.39 is 9.84 Å². The predicted octanol–water partition coefficient (Wildman–Crippen LogP) is 1.29. The van der Waals surface area contributed by atoms with E-state index in [1.807, 2.05) is 0 Å². The molecule has 0 aromatic carbocycles. The second-order valence-corrected chi connectivity index (χ2v) is 8.78. The van der Waals surface area contributed by atoms with E-state index in [1.54, 1.807) is 0 Å². The highest BCUT2D eigenvalue weighted by Crippen LogP contribution is 2.39. The van der Waals surface area contributed by atoms with Gasteiger partial charge in [0.15, 0.2) is 9.84 Å². The average Bonchev–Trinajstić information content (AvgIpc) is 2.77. The number of nitrogens with one attached hydrogen (secondary N) is 1. The first-order valence-electron chi connectivity index (χ1n) is 7.93. The van der Waals surface area contributed by atoms with Gasteiger partial charge in [-0.15, -0.1) is 0 Å². The van der Waals surface area contributed by atoms with E-state index in [9.17, 15) is 8.42 Å². The largest absolute Gasteiger partial charge is 0.312 e. The van der Waals surface area contributed by atoms with Crippen LogP contribution in [0.15, 0.2) is 0 Å². The maximum absolute atomic E-state index is 11.7. The molecule has 0 amide bonds. The fraction of sp³-hybridized carbons (Fsp3) is 0.733.